The lowest BCUT2D eigenvalue weighted by Gasteiger charge is -2.32. The van der Waals surface area contributed by atoms with Crippen molar-refractivity contribution in [2.75, 3.05) is 12.8 Å². The average molecular weight is 220 g/mol. The minimum atomic E-state index is 0.424. The molecule has 2 nitrogen and oxygen atoms in total. The fraction of sp³-hybridized carbons (Fsp3) is 0.571. The molecule has 1 unspecified atom stereocenters. The Hall–Kier alpha value is -1.02. The lowest BCUT2D eigenvalue weighted by molar-refractivity contribution is 0.175. The van der Waals surface area contributed by atoms with Crippen LogP contribution < -0.4 is 5.73 Å². The molecule has 1 rings (SSSR count). The molecule has 0 saturated carbocycles. The Balaban J connectivity index is 2.80. The minimum Gasteiger partial charge on any atom is -0.399 e. The first kappa shape index (κ1) is 13.0. The fourth-order valence-electron chi connectivity index (χ4n) is 2.23. The van der Waals surface area contributed by atoms with Gasteiger partial charge in [-0.05, 0) is 44.5 Å². The second kappa shape index (κ2) is 5.90. The van der Waals surface area contributed by atoms with Crippen molar-refractivity contribution in [2.24, 2.45) is 0 Å². The van der Waals surface area contributed by atoms with Crippen LogP contribution in [-0.4, -0.2) is 18.0 Å². The van der Waals surface area contributed by atoms with Crippen molar-refractivity contribution in [1.29, 1.82) is 0 Å². The van der Waals surface area contributed by atoms with Crippen LogP contribution in [0.4, 0.5) is 5.69 Å². The summed E-state index contributed by atoms with van der Waals surface area (Å²) in [6, 6.07) is 9.27. The van der Waals surface area contributed by atoms with Gasteiger partial charge in [0.15, 0.2) is 0 Å². The van der Waals surface area contributed by atoms with Gasteiger partial charge < -0.3 is 5.73 Å². The zero-order valence-corrected chi connectivity index (χ0v) is 10.9. The van der Waals surface area contributed by atoms with Gasteiger partial charge in [0.2, 0.25) is 0 Å². The Morgan fingerprint density at radius 1 is 1.25 bits per heavy atom. The van der Waals surface area contributed by atoms with Gasteiger partial charge >= 0.3 is 0 Å². The molecular formula is C14H24N2. The molecule has 0 saturated heterocycles. The molecule has 1 aromatic rings. The van der Waals surface area contributed by atoms with Crippen LogP contribution in [0.3, 0.4) is 0 Å². The van der Waals surface area contributed by atoms with Gasteiger partial charge in [0.05, 0.1) is 0 Å². The molecule has 16 heavy (non-hydrogen) atoms. The number of hydrogen-bond donors (Lipinski definition) is 1. The van der Waals surface area contributed by atoms with Gasteiger partial charge in [-0.1, -0.05) is 26.0 Å². The summed E-state index contributed by atoms with van der Waals surface area (Å²) in [6.07, 6.45) is 2.39. The highest BCUT2D eigenvalue weighted by atomic mass is 15.2. The van der Waals surface area contributed by atoms with E-state index in [2.05, 4.69) is 44.9 Å². The van der Waals surface area contributed by atoms with Crippen LogP contribution in [0.2, 0.25) is 0 Å². The number of anilines is 1. The van der Waals surface area contributed by atoms with Crippen molar-refractivity contribution < 1.29 is 0 Å². The van der Waals surface area contributed by atoms with Gasteiger partial charge in [0.1, 0.15) is 0 Å². The second-order valence-electron chi connectivity index (χ2n) is 4.48. The largest absolute Gasteiger partial charge is 0.399 e. The Morgan fingerprint density at radius 2 is 1.88 bits per heavy atom. The third-order valence-corrected chi connectivity index (χ3v) is 3.52. The number of benzene rings is 1. The number of rotatable bonds is 5. The maximum absolute atomic E-state index is 5.82. The SMILES string of the molecule is CCC(CC)N(C)C(C)c1cccc(N)c1. The van der Waals surface area contributed by atoms with E-state index < -0.39 is 0 Å². The molecular weight excluding hydrogens is 196 g/mol. The molecule has 0 amide bonds. The summed E-state index contributed by atoms with van der Waals surface area (Å²) in [6.45, 7) is 6.74. The Morgan fingerprint density at radius 3 is 2.38 bits per heavy atom. The van der Waals surface area contributed by atoms with E-state index in [1.165, 1.54) is 18.4 Å². The monoisotopic (exact) mass is 220 g/mol. The van der Waals surface area contributed by atoms with Gasteiger partial charge in [0.25, 0.3) is 0 Å². The Kier molecular flexibility index (Phi) is 4.81. The molecule has 0 spiro atoms. The predicted octanol–water partition coefficient (Wildman–Crippen LogP) is 3.45. The number of hydrogen-bond acceptors (Lipinski definition) is 2. The molecule has 0 fully saturated rings. The van der Waals surface area contributed by atoms with Crippen LogP contribution in [0.5, 0.6) is 0 Å². The van der Waals surface area contributed by atoms with Gasteiger partial charge in [0, 0.05) is 17.8 Å². The topological polar surface area (TPSA) is 29.3 Å². The number of nitrogen functional groups attached to an aromatic ring is 1. The molecule has 2 heteroatoms. The summed E-state index contributed by atoms with van der Waals surface area (Å²) in [4.78, 5) is 2.44. The van der Waals surface area contributed by atoms with E-state index in [0.29, 0.717) is 12.1 Å². The van der Waals surface area contributed by atoms with E-state index in [4.69, 9.17) is 5.73 Å². The standard InChI is InChI=1S/C14H24N2/c1-5-14(6-2)16(4)11(3)12-8-7-9-13(15)10-12/h7-11,14H,5-6,15H2,1-4H3. The van der Waals surface area contributed by atoms with Crippen LogP contribution in [-0.2, 0) is 0 Å². The molecule has 1 atom stereocenters. The van der Waals surface area contributed by atoms with Crippen molar-refractivity contribution in [3.63, 3.8) is 0 Å². The summed E-state index contributed by atoms with van der Waals surface area (Å²) in [7, 11) is 2.20. The number of nitrogens with zero attached hydrogens (tertiary/aromatic N) is 1. The van der Waals surface area contributed by atoms with Gasteiger partial charge in [-0.25, -0.2) is 0 Å². The van der Waals surface area contributed by atoms with Gasteiger partial charge in [-0.3, -0.25) is 4.90 Å². The quantitative estimate of drug-likeness (QED) is 0.770. The van der Waals surface area contributed by atoms with Crippen molar-refractivity contribution in [1.82, 2.24) is 4.90 Å². The summed E-state index contributed by atoms with van der Waals surface area (Å²) in [5.41, 5.74) is 7.97. The van der Waals surface area contributed by atoms with Crippen LogP contribution in [0, 0.1) is 0 Å². The molecule has 0 aliphatic carbocycles. The summed E-state index contributed by atoms with van der Waals surface area (Å²) < 4.78 is 0. The second-order valence-corrected chi connectivity index (χ2v) is 4.48. The van der Waals surface area contributed by atoms with Crippen molar-refractivity contribution in [2.45, 2.75) is 45.7 Å². The summed E-state index contributed by atoms with van der Waals surface area (Å²) >= 11 is 0. The molecule has 0 aliphatic heterocycles. The zero-order chi connectivity index (χ0) is 12.1. The molecule has 0 aromatic heterocycles. The fourth-order valence-corrected chi connectivity index (χ4v) is 2.23. The van der Waals surface area contributed by atoms with Gasteiger partial charge in [-0.2, -0.15) is 0 Å². The van der Waals surface area contributed by atoms with E-state index >= 15 is 0 Å². The number of nitrogens with two attached hydrogens (primary N) is 1. The van der Waals surface area contributed by atoms with E-state index in [9.17, 15) is 0 Å². The van der Waals surface area contributed by atoms with E-state index in [-0.39, 0.29) is 0 Å². The molecule has 0 aliphatic rings. The summed E-state index contributed by atoms with van der Waals surface area (Å²) in [5, 5.41) is 0. The highest BCUT2D eigenvalue weighted by Gasteiger charge is 2.17. The van der Waals surface area contributed by atoms with Crippen molar-refractivity contribution in [3.05, 3.63) is 29.8 Å². The van der Waals surface area contributed by atoms with Crippen LogP contribution in [0.1, 0.15) is 45.2 Å². The third-order valence-electron chi connectivity index (χ3n) is 3.52. The normalized spacial score (nSPS) is 13.4. The molecule has 0 bridgehead atoms. The Labute approximate surface area is 99.5 Å². The smallest absolute Gasteiger partial charge is 0.0320 e. The molecule has 2 N–H and O–H groups in total. The first-order valence-electron chi connectivity index (χ1n) is 6.17. The Bertz CT molecular complexity index is 318. The zero-order valence-electron chi connectivity index (χ0n) is 10.9. The lowest BCUT2D eigenvalue weighted by Crippen LogP contribution is -2.33. The maximum atomic E-state index is 5.82. The van der Waals surface area contributed by atoms with Crippen LogP contribution in [0.15, 0.2) is 24.3 Å². The summed E-state index contributed by atoms with van der Waals surface area (Å²) in [5.74, 6) is 0. The lowest BCUT2D eigenvalue weighted by atomic mass is 10.0. The molecule has 0 heterocycles. The van der Waals surface area contributed by atoms with Crippen molar-refractivity contribution in [3.8, 4) is 0 Å². The molecule has 1 aromatic carbocycles. The first-order chi connectivity index (χ1) is 7.60. The maximum Gasteiger partial charge on any atom is 0.0320 e. The van der Waals surface area contributed by atoms with Crippen LogP contribution >= 0.6 is 0 Å². The molecule has 90 valence electrons. The van der Waals surface area contributed by atoms with E-state index in [0.717, 1.165) is 5.69 Å². The molecule has 0 radical (unpaired) electrons. The first-order valence-corrected chi connectivity index (χ1v) is 6.17. The van der Waals surface area contributed by atoms with Crippen molar-refractivity contribution >= 4 is 5.69 Å². The van der Waals surface area contributed by atoms with Crippen LogP contribution in [0.25, 0.3) is 0 Å². The average Bonchev–Trinajstić information content (AvgIpc) is 2.29. The highest BCUT2D eigenvalue weighted by molar-refractivity contribution is 5.41. The van der Waals surface area contributed by atoms with Gasteiger partial charge in [-0.15, -0.1) is 0 Å². The highest BCUT2D eigenvalue weighted by Crippen LogP contribution is 2.24. The van der Waals surface area contributed by atoms with E-state index in [1.807, 2.05) is 12.1 Å². The predicted molar refractivity (Wildman–Crippen MR) is 71.4 cm³/mol. The third kappa shape index (κ3) is 2.99. The van der Waals surface area contributed by atoms with E-state index in [1.54, 1.807) is 0 Å². The minimum absolute atomic E-state index is 0.424.